The molecule has 31 heavy (non-hydrogen) atoms. The molecular weight excluding hydrogens is 394 g/mol. The van der Waals surface area contributed by atoms with E-state index in [1.165, 1.54) is 4.90 Å². The molecule has 158 valence electrons. The Bertz CT molecular complexity index is 1110. The molecule has 0 saturated heterocycles. The molecule has 3 amide bonds. The van der Waals surface area contributed by atoms with Crippen molar-refractivity contribution in [2.24, 2.45) is 0 Å². The first-order chi connectivity index (χ1) is 14.9. The zero-order valence-electron chi connectivity index (χ0n) is 17.4. The van der Waals surface area contributed by atoms with Crippen molar-refractivity contribution in [2.75, 3.05) is 23.8 Å². The maximum absolute atomic E-state index is 13.2. The molecule has 8 nitrogen and oxygen atoms in total. The van der Waals surface area contributed by atoms with Gasteiger partial charge >= 0.3 is 0 Å². The summed E-state index contributed by atoms with van der Waals surface area (Å²) in [6.07, 6.45) is 3.69. The second-order valence-corrected chi connectivity index (χ2v) is 7.54. The Morgan fingerprint density at radius 3 is 2.58 bits per heavy atom. The number of para-hydroxylation sites is 2. The number of fused-ring (bicyclic) bond motifs is 1. The van der Waals surface area contributed by atoms with Gasteiger partial charge in [-0.05, 0) is 49.4 Å². The average molecular weight is 417 g/mol. The lowest BCUT2D eigenvalue weighted by molar-refractivity contribution is -0.119. The van der Waals surface area contributed by atoms with Gasteiger partial charge in [0.1, 0.15) is 6.54 Å². The molecule has 1 unspecified atom stereocenters. The summed E-state index contributed by atoms with van der Waals surface area (Å²) in [6, 6.07) is 15.7. The lowest BCUT2D eigenvalue weighted by atomic mass is 10.1. The van der Waals surface area contributed by atoms with Crippen molar-refractivity contribution in [1.82, 2.24) is 14.7 Å². The van der Waals surface area contributed by atoms with Crippen LogP contribution in [0.15, 0.2) is 67.0 Å². The van der Waals surface area contributed by atoms with E-state index in [-0.39, 0.29) is 36.7 Å². The minimum Gasteiger partial charge on any atom is -0.332 e. The Labute approximate surface area is 180 Å². The summed E-state index contributed by atoms with van der Waals surface area (Å²) in [5.74, 6) is -0.650. The van der Waals surface area contributed by atoms with Crippen LogP contribution in [0, 0.1) is 0 Å². The highest BCUT2D eigenvalue weighted by molar-refractivity contribution is 6.06. The summed E-state index contributed by atoms with van der Waals surface area (Å²) in [5.41, 5.74) is 2.54. The first-order valence-corrected chi connectivity index (χ1v) is 10.0. The number of rotatable bonds is 4. The van der Waals surface area contributed by atoms with Crippen molar-refractivity contribution in [3.05, 3.63) is 72.6 Å². The van der Waals surface area contributed by atoms with E-state index in [1.807, 2.05) is 25.3 Å². The fourth-order valence-corrected chi connectivity index (χ4v) is 3.72. The van der Waals surface area contributed by atoms with Crippen LogP contribution in [0.2, 0.25) is 0 Å². The number of amides is 3. The second kappa shape index (κ2) is 8.43. The van der Waals surface area contributed by atoms with Crippen LogP contribution in [0.25, 0.3) is 5.69 Å². The van der Waals surface area contributed by atoms with Gasteiger partial charge in [-0.25, -0.2) is 4.68 Å². The highest BCUT2D eigenvalue weighted by atomic mass is 16.2. The quantitative estimate of drug-likeness (QED) is 0.707. The molecule has 1 aliphatic rings. The van der Waals surface area contributed by atoms with Crippen molar-refractivity contribution in [3.8, 4) is 5.69 Å². The number of nitrogens with zero attached hydrogens (tertiary/aromatic N) is 4. The van der Waals surface area contributed by atoms with Gasteiger partial charge in [-0.2, -0.15) is 5.10 Å². The van der Waals surface area contributed by atoms with Gasteiger partial charge in [0.25, 0.3) is 5.91 Å². The maximum atomic E-state index is 13.2. The smallest absolute Gasteiger partial charge is 0.254 e. The SMILES string of the molecule is CC1CC(=O)Nc2ccccc2N1C(=O)CN(C)C(=O)c1ccc(-n2cccn2)cc1. The minimum atomic E-state index is -0.326. The minimum absolute atomic E-state index is 0.105. The van der Waals surface area contributed by atoms with Gasteiger partial charge in [0.15, 0.2) is 0 Å². The van der Waals surface area contributed by atoms with Crippen molar-refractivity contribution >= 4 is 29.1 Å². The van der Waals surface area contributed by atoms with E-state index in [1.54, 1.807) is 65.3 Å². The lowest BCUT2D eigenvalue weighted by Crippen LogP contribution is -2.45. The molecule has 0 aliphatic carbocycles. The number of carbonyl (C=O) groups is 3. The molecule has 0 saturated carbocycles. The molecule has 2 aromatic carbocycles. The van der Waals surface area contributed by atoms with E-state index in [0.29, 0.717) is 16.9 Å². The van der Waals surface area contributed by atoms with Crippen LogP contribution >= 0.6 is 0 Å². The third-order valence-corrected chi connectivity index (χ3v) is 5.23. The molecule has 3 aromatic rings. The topological polar surface area (TPSA) is 87.5 Å². The molecular formula is C23H23N5O3. The largest absolute Gasteiger partial charge is 0.332 e. The number of aromatic nitrogens is 2. The third kappa shape index (κ3) is 4.18. The predicted octanol–water partition coefficient (Wildman–Crippen LogP) is 2.71. The summed E-state index contributed by atoms with van der Waals surface area (Å²) in [7, 11) is 1.60. The number of hydrogen-bond donors (Lipinski definition) is 1. The van der Waals surface area contributed by atoms with Crippen LogP contribution in [-0.2, 0) is 9.59 Å². The summed E-state index contributed by atoms with van der Waals surface area (Å²) in [4.78, 5) is 41.2. The van der Waals surface area contributed by atoms with Crippen LogP contribution < -0.4 is 10.2 Å². The summed E-state index contributed by atoms with van der Waals surface area (Å²) in [6.45, 7) is 1.72. The van der Waals surface area contributed by atoms with Gasteiger partial charge in [0.05, 0.1) is 17.1 Å². The van der Waals surface area contributed by atoms with Gasteiger partial charge in [0, 0.05) is 37.5 Å². The van der Waals surface area contributed by atoms with Crippen molar-refractivity contribution in [2.45, 2.75) is 19.4 Å². The second-order valence-electron chi connectivity index (χ2n) is 7.54. The Balaban J connectivity index is 1.50. The molecule has 8 heteroatoms. The number of anilines is 2. The summed E-state index contributed by atoms with van der Waals surface area (Å²) in [5, 5.41) is 7.00. The van der Waals surface area contributed by atoms with E-state index < -0.39 is 0 Å². The van der Waals surface area contributed by atoms with Crippen molar-refractivity contribution in [3.63, 3.8) is 0 Å². The van der Waals surface area contributed by atoms with E-state index in [4.69, 9.17) is 0 Å². The van der Waals surface area contributed by atoms with Crippen molar-refractivity contribution in [1.29, 1.82) is 0 Å². The molecule has 2 heterocycles. The van der Waals surface area contributed by atoms with Crippen LogP contribution in [0.1, 0.15) is 23.7 Å². The van der Waals surface area contributed by atoms with E-state index in [9.17, 15) is 14.4 Å². The highest BCUT2D eigenvalue weighted by Gasteiger charge is 2.30. The van der Waals surface area contributed by atoms with Crippen LogP contribution in [0.3, 0.4) is 0 Å². The number of benzene rings is 2. The Morgan fingerprint density at radius 2 is 1.87 bits per heavy atom. The maximum Gasteiger partial charge on any atom is 0.254 e. The molecule has 0 spiro atoms. The van der Waals surface area contributed by atoms with E-state index >= 15 is 0 Å². The molecule has 4 rings (SSSR count). The standard InChI is InChI=1S/C23H23N5O3/c1-16-14-21(29)25-19-6-3-4-7-20(19)28(16)22(30)15-26(2)23(31)17-8-10-18(11-9-17)27-13-5-12-24-27/h3-13,16H,14-15H2,1-2H3,(H,25,29). The number of carbonyl (C=O) groups excluding carboxylic acids is 3. The highest BCUT2D eigenvalue weighted by Crippen LogP contribution is 2.31. The molecule has 1 N–H and O–H groups in total. The average Bonchev–Trinajstić information content (AvgIpc) is 3.25. The molecule has 0 fully saturated rings. The first-order valence-electron chi connectivity index (χ1n) is 10.0. The molecule has 0 bridgehead atoms. The molecule has 1 aliphatic heterocycles. The summed E-state index contributed by atoms with van der Waals surface area (Å²) < 4.78 is 1.70. The fourth-order valence-electron chi connectivity index (χ4n) is 3.72. The lowest BCUT2D eigenvalue weighted by Gasteiger charge is -2.29. The fraction of sp³-hybridized carbons (Fsp3) is 0.217. The number of hydrogen-bond acceptors (Lipinski definition) is 4. The number of nitrogens with one attached hydrogen (secondary N) is 1. The zero-order chi connectivity index (χ0) is 22.0. The molecule has 1 atom stereocenters. The Kier molecular flexibility index (Phi) is 5.53. The van der Waals surface area contributed by atoms with Gasteiger partial charge in [-0.3, -0.25) is 14.4 Å². The summed E-state index contributed by atoms with van der Waals surface area (Å²) >= 11 is 0. The van der Waals surface area contributed by atoms with Crippen LogP contribution in [-0.4, -0.2) is 52.0 Å². The van der Waals surface area contributed by atoms with Crippen molar-refractivity contribution < 1.29 is 14.4 Å². The van der Waals surface area contributed by atoms with Gasteiger partial charge in [-0.15, -0.1) is 0 Å². The first kappa shape index (κ1) is 20.3. The predicted molar refractivity (Wildman–Crippen MR) is 117 cm³/mol. The molecule has 1 aromatic heterocycles. The molecule has 0 radical (unpaired) electrons. The van der Waals surface area contributed by atoms with Gasteiger partial charge < -0.3 is 15.1 Å². The van der Waals surface area contributed by atoms with E-state index in [0.717, 1.165) is 5.69 Å². The Hall–Kier alpha value is -3.94. The monoisotopic (exact) mass is 417 g/mol. The van der Waals surface area contributed by atoms with E-state index in [2.05, 4.69) is 10.4 Å². The number of likely N-dealkylation sites (N-methyl/N-ethyl adjacent to an activating group) is 1. The van der Waals surface area contributed by atoms with Gasteiger partial charge in [0.2, 0.25) is 11.8 Å². The Morgan fingerprint density at radius 1 is 1.13 bits per heavy atom. The van der Waals surface area contributed by atoms with Gasteiger partial charge in [-0.1, -0.05) is 12.1 Å². The van der Waals surface area contributed by atoms with Crippen LogP contribution in [0.5, 0.6) is 0 Å². The zero-order valence-corrected chi connectivity index (χ0v) is 17.4. The van der Waals surface area contributed by atoms with Crippen LogP contribution in [0.4, 0.5) is 11.4 Å². The normalized spacial score (nSPS) is 15.6. The third-order valence-electron chi connectivity index (χ3n) is 5.23.